The Bertz CT molecular complexity index is 325. The predicted molar refractivity (Wildman–Crippen MR) is 58.9 cm³/mol. The minimum absolute atomic E-state index is 0.249. The molecule has 82 valence electrons. The standard InChI is InChI=1S/C13H17FO/c1-10(2)12-5-3-11(4-6-12)7-13(14)8-15-9-13/h3-6,10H,7-9H2,1-2H3. The Morgan fingerprint density at radius 3 is 2.27 bits per heavy atom. The SMILES string of the molecule is CC(C)c1ccc(CC2(F)COC2)cc1. The first-order valence-corrected chi connectivity index (χ1v) is 5.45. The van der Waals surface area contributed by atoms with E-state index in [1.165, 1.54) is 5.56 Å². The smallest absolute Gasteiger partial charge is 0.161 e. The monoisotopic (exact) mass is 208 g/mol. The van der Waals surface area contributed by atoms with Crippen LogP contribution >= 0.6 is 0 Å². The van der Waals surface area contributed by atoms with Gasteiger partial charge in [-0.1, -0.05) is 38.1 Å². The maximum atomic E-state index is 13.7. The first kappa shape index (κ1) is 10.6. The molecule has 1 nitrogen and oxygen atoms in total. The van der Waals surface area contributed by atoms with Gasteiger partial charge in [-0.3, -0.25) is 0 Å². The molecule has 1 aromatic rings. The molecule has 1 saturated heterocycles. The molecule has 0 aromatic heterocycles. The molecule has 0 amide bonds. The number of halogens is 1. The van der Waals surface area contributed by atoms with Crippen molar-refractivity contribution in [2.24, 2.45) is 0 Å². The maximum Gasteiger partial charge on any atom is 0.161 e. The fourth-order valence-corrected chi connectivity index (χ4v) is 1.81. The molecule has 0 spiro atoms. The van der Waals surface area contributed by atoms with E-state index in [4.69, 9.17) is 4.74 Å². The van der Waals surface area contributed by atoms with Gasteiger partial charge < -0.3 is 4.74 Å². The molecule has 0 saturated carbocycles. The van der Waals surface area contributed by atoms with Crippen molar-refractivity contribution < 1.29 is 9.13 Å². The van der Waals surface area contributed by atoms with Crippen LogP contribution in [0, 0.1) is 0 Å². The van der Waals surface area contributed by atoms with E-state index in [1.807, 2.05) is 12.1 Å². The van der Waals surface area contributed by atoms with Gasteiger partial charge >= 0.3 is 0 Å². The van der Waals surface area contributed by atoms with Crippen molar-refractivity contribution in [1.29, 1.82) is 0 Å². The highest BCUT2D eigenvalue weighted by Crippen LogP contribution is 2.27. The number of hydrogen-bond acceptors (Lipinski definition) is 1. The van der Waals surface area contributed by atoms with E-state index in [0.717, 1.165) is 5.56 Å². The zero-order chi connectivity index (χ0) is 10.9. The van der Waals surface area contributed by atoms with Crippen molar-refractivity contribution in [2.75, 3.05) is 13.2 Å². The van der Waals surface area contributed by atoms with E-state index in [9.17, 15) is 4.39 Å². The van der Waals surface area contributed by atoms with Crippen LogP contribution in [0.5, 0.6) is 0 Å². The van der Waals surface area contributed by atoms with Crippen molar-refractivity contribution in [3.63, 3.8) is 0 Å². The third-order valence-corrected chi connectivity index (χ3v) is 2.89. The molecule has 15 heavy (non-hydrogen) atoms. The zero-order valence-corrected chi connectivity index (χ0v) is 9.29. The highest BCUT2D eigenvalue weighted by molar-refractivity contribution is 5.26. The average molecular weight is 208 g/mol. The van der Waals surface area contributed by atoms with Crippen molar-refractivity contribution in [2.45, 2.75) is 31.9 Å². The number of ether oxygens (including phenoxy) is 1. The van der Waals surface area contributed by atoms with Gasteiger partial charge in [0.1, 0.15) is 0 Å². The second kappa shape index (κ2) is 3.93. The topological polar surface area (TPSA) is 9.23 Å². The zero-order valence-electron chi connectivity index (χ0n) is 9.29. The summed E-state index contributed by atoms with van der Waals surface area (Å²) in [4.78, 5) is 0. The van der Waals surface area contributed by atoms with Crippen LogP contribution in [0.4, 0.5) is 4.39 Å². The van der Waals surface area contributed by atoms with E-state index < -0.39 is 5.67 Å². The highest BCUT2D eigenvalue weighted by atomic mass is 19.1. The van der Waals surface area contributed by atoms with Gasteiger partial charge in [0, 0.05) is 6.42 Å². The van der Waals surface area contributed by atoms with Crippen LogP contribution in [-0.2, 0) is 11.2 Å². The van der Waals surface area contributed by atoms with Crippen molar-refractivity contribution >= 4 is 0 Å². The van der Waals surface area contributed by atoms with E-state index in [0.29, 0.717) is 12.3 Å². The fourth-order valence-electron chi connectivity index (χ4n) is 1.81. The van der Waals surface area contributed by atoms with Crippen LogP contribution in [0.15, 0.2) is 24.3 Å². The normalized spacial score (nSPS) is 18.9. The van der Waals surface area contributed by atoms with Gasteiger partial charge in [-0.2, -0.15) is 0 Å². The summed E-state index contributed by atoms with van der Waals surface area (Å²) in [6.07, 6.45) is 0.478. The third-order valence-electron chi connectivity index (χ3n) is 2.89. The van der Waals surface area contributed by atoms with Gasteiger partial charge in [0.15, 0.2) is 5.67 Å². The van der Waals surface area contributed by atoms with Crippen molar-refractivity contribution in [1.82, 2.24) is 0 Å². The number of rotatable bonds is 3. The number of alkyl halides is 1. The lowest BCUT2D eigenvalue weighted by Crippen LogP contribution is -2.47. The lowest BCUT2D eigenvalue weighted by atomic mass is 9.93. The van der Waals surface area contributed by atoms with Gasteiger partial charge in [-0.15, -0.1) is 0 Å². The molecule has 0 aliphatic carbocycles. The largest absolute Gasteiger partial charge is 0.375 e. The Labute approximate surface area is 90.3 Å². The predicted octanol–water partition coefficient (Wildman–Crippen LogP) is 3.09. The fraction of sp³-hybridized carbons (Fsp3) is 0.538. The molecule has 1 aliphatic heterocycles. The quantitative estimate of drug-likeness (QED) is 0.741. The summed E-state index contributed by atoms with van der Waals surface area (Å²) in [5, 5.41) is 0. The Kier molecular flexibility index (Phi) is 2.79. The van der Waals surface area contributed by atoms with Gasteiger partial charge in [-0.25, -0.2) is 4.39 Å². The average Bonchev–Trinajstić information content (AvgIpc) is 2.16. The molecule has 1 aliphatic rings. The van der Waals surface area contributed by atoms with Gasteiger partial charge in [0.05, 0.1) is 13.2 Å². The Morgan fingerprint density at radius 1 is 1.27 bits per heavy atom. The van der Waals surface area contributed by atoms with E-state index in [-0.39, 0.29) is 13.2 Å². The second-order valence-electron chi connectivity index (χ2n) is 4.72. The highest BCUT2D eigenvalue weighted by Gasteiger charge is 2.38. The number of hydrogen-bond donors (Lipinski definition) is 0. The van der Waals surface area contributed by atoms with Gasteiger partial charge in [0.2, 0.25) is 0 Å². The Hall–Kier alpha value is -0.890. The molecular formula is C13H17FO. The molecule has 0 unspecified atom stereocenters. The van der Waals surface area contributed by atoms with Gasteiger partial charge in [0.25, 0.3) is 0 Å². The summed E-state index contributed by atoms with van der Waals surface area (Å²) >= 11 is 0. The molecule has 1 heterocycles. The second-order valence-corrected chi connectivity index (χ2v) is 4.72. The van der Waals surface area contributed by atoms with E-state index >= 15 is 0 Å². The summed E-state index contributed by atoms with van der Waals surface area (Å²) in [6.45, 7) is 4.81. The summed E-state index contributed by atoms with van der Waals surface area (Å²) in [5.74, 6) is 0.533. The van der Waals surface area contributed by atoms with Crippen LogP contribution < -0.4 is 0 Å². The third kappa shape index (κ3) is 2.37. The summed E-state index contributed by atoms with van der Waals surface area (Å²) in [7, 11) is 0. The van der Waals surface area contributed by atoms with Crippen LogP contribution in [0.1, 0.15) is 30.9 Å². The molecule has 0 atom stereocenters. The van der Waals surface area contributed by atoms with Crippen LogP contribution in [-0.4, -0.2) is 18.9 Å². The molecule has 2 heteroatoms. The number of benzene rings is 1. The molecule has 0 radical (unpaired) electrons. The first-order valence-electron chi connectivity index (χ1n) is 5.45. The van der Waals surface area contributed by atoms with Gasteiger partial charge in [-0.05, 0) is 17.0 Å². The first-order chi connectivity index (χ1) is 7.09. The van der Waals surface area contributed by atoms with Crippen molar-refractivity contribution in [3.05, 3.63) is 35.4 Å². The van der Waals surface area contributed by atoms with Crippen LogP contribution in [0.2, 0.25) is 0 Å². The maximum absolute atomic E-state index is 13.7. The van der Waals surface area contributed by atoms with Crippen molar-refractivity contribution in [3.8, 4) is 0 Å². The molecule has 1 fully saturated rings. The minimum atomic E-state index is -1.11. The minimum Gasteiger partial charge on any atom is -0.375 e. The van der Waals surface area contributed by atoms with Crippen LogP contribution in [0.25, 0.3) is 0 Å². The Balaban J connectivity index is 2.04. The van der Waals surface area contributed by atoms with E-state index in [2.05, 4.69) is 26.0 Å². The molecule has 2 rings (SSSR count). The Morgan fingerprint density at radius 2 is 1.87 bits per heavy atom. The molecule has 1 aromatic carbocycles. The molecular weight excluding hydrogens is 191 g/mol. The lowest BCUT2D eigenvalue weighted by Gasteiger charge is -2.33. The summed E-state index contributed by atoms with van der Waals surface area (Å²) in [6, 6.07) is 8.22. The molecule has 0 bridgehead atoms. The summed E-state index contributed by atoms with van der Waals surface area (Å²) < 4.78 is 18.6. The van der Waals surface area contributed by atoms with E-state index in [1.54, 1.807) is 0 Å². The summed E-state index contributed by atoms with van der Waals surface area (Å²) in [5.41, 5.74) is 1.25. The van der Waals surface area contributed by atoms with Crippen LogP contribution in [0.3, 0.4) is 0 Å². The molecule has 0 N–H and O–H groups in total. The lowest BCUT2D eigenvalue weighted by molar-refractivity contribution is -0.128.